The van der Waals surface area contributed by atoms with Crippen LogP contribution in [0.2, 0.25) is 0 Å². The molecule has 0 saturated carbocycles. The monoisotopic (exact) mass is 395 g/mol. The van der Waals surface area contributed by atoms with Crippen LogP contribution in [0.3, 0.4) is 0 Å². The number of carbonyl (C=O) groups excluding carboxylic acids is 1. The number of ether oxygens (including phenoxy) is 2. The lowest BCUT2D eigenvalue weighted by molar-refractivity contribution is 0.104. The van der Waals surface area contributed by atoms with Crippen molar-refractivity contribution in [3.63, 3.8) is 0 Å². The summed E-state index contributed by atoms with van der Waals surface area (Å²) in [5, 5.41) is 8.48. The lowest BCUT2D eigenvalue weighted by Gasteiger charge is -2.07. The van der Waals surface area contributed by atoms with E-state index in [1.165, 1.54) is 6.08 Å². The van der Waals surface area contributed by atoms with E-state index in [1.807, 2.05) is 18.2 Å². The molecule has 4 nitrogen and oxygen atoms in total. The molecule has 2 aromatic carbocycles. The lowest BCUT2D eigenvalue weighted by atomic mass is 10.1. The highest BCUT2D eigenvalue weighted by Gasteiger charge is 2.05. The summed E-state index contributed by atoms with van der Waals surface area (Å²) in [4.78, 5) is 12.3. The van der Waals surface area contributed by atoms with Gasteiger partial charge in [-0.3, -0.25) is 4.79 Å². The highest BCUT2D eigenvalue weighted by atomic mass is 79.9. The van der Waals surface area contributed by atoms with Crippen molar-refractivity contribution in [2.45, 2.75) is 0 Å². The summed E-state index contributed by atoms with van der Waals surface area (Å²) < 4.78 is 11.5. The van der Waals surface area contributed by atoms with Crippen LogP contribution in [0, 0.1) is 23.7 Å². The molecule has 0 radical (unpaired) electrons. The fourth-order valence-corrected chi connectivity index (χ4v) is 2.37. The highest BCUT2D eigenvalue weighted by molar-refractivity contribution is 9.10. The molecule has 0 aromatic heterocycles. The van der Waals surface area contributed by atoms with Crippen LogP contribution in [0.25, 0.3) is 6.08 Å². The largest absolute Gasteiger partial charge is 0.480 e. The highest BCUT2D eigenvalue weighted by Crippen LogP contribution is 2.25. The second kappa shape index (κ2) is 9.32. The van der Waals surface area contributed by atoms with Crippen LogP contribution >= 0.6 is 15.9 Å². The van der Waals surface area contributed by atoms with Crippen LogP contribution in [0.1, 0.15) is 15.9 Å². The fourth-order valence-electron chi connectivity index (χ4n) is 1.99. The van der Waals surface area contributed by atoms with Gasteiger partial charge < -0.3 is 9.47 Å². The summed E-state index contributed by atoms with van der Waals surface area (Å²) in [6.45, 7) is 0.122. The molecule has 25 heavy (non-hydrogen) atoms. The number of carbonyl (C=O) groups is 1. The molecule has 0 aliphatic carbocycles. The number of ketones is 1. The van der Waals surface area contributed by atoms with Crippen molar-refractivity contribution in [3.05, 3.63) is 64.1 Å². The summed E-state index contributed by atoms with van der Waals surface area (Å²) in [7, 11) is 0. The number of benzene rings is 2. The maximum absolute atomic E-state index is 12.3. The number of rotatable bonds is 7. The van der Waals surface area contributed by atoms with Gasteiger partial charge in [0.05, 0.1) is 0 Å². The maximum Gasteiger partial charge on any atom is 0.185 e. The first-order valence-electron chi connectivity index (χ1n) is 7.32. The van der Waals surface area contributed by atoms with Crippen molar-refractivity contribution in [1.29, 1.82) is 5.26 Å². The van der Waals surface area contributed by atoms with Gasteiger partial charge in [0.25, 0.3) is 0 Å². The molecule has 2 aromatic rings. The summed E-state index contributed by atoms with van der Waals surface area (Å²) >= 11 is 3.39. The molecule has 0 heterocycles. The van der Waals surface area contributed by atoms with E-state index in [4.69, 9.17) is 21.2 Å². The molecule has 0 unspecified atom stereocenters. The number of terminal acetylenes is 1. The minimum absolute atomic E-state index is 0.0312. The van der Waals surface area contributed by atoms with Gasteiger partial charge in [0.15, 0.2) is 12.4 Å². The van der Waals surface area contributed by atoms with E-state index in [9.17, 15) is 4.79 Å². The Hall–Kier alpha value is -3.02. The zero-order valence-electron chi connectivity index (χ0n) is 13.2. The molecule has 0 aliphatic rings. The van der Waals surface area contributed by atoms with Crippen LogP contribution in [-0.4, -0.2) is 19.0 Å². The second-order valence-corrected chi connectivity index (χ2v) is 5.76. The molecule has 0 spiro atoms. The predicted octanol–water partition coefficient (Wildman–Crippen LogP) is 4.26. The molecule has 0 bridgehead atoms. The van der Waals surface area contributed by atoms with Crippen molar-refractivity contribution < 1.29 is 14.3 Å². The van der Waals surface area contributed by atoms with E-state index in [0.717, 1.165) is 10.0 Å². The molecular weight excluding hydrogens is 382 g/mol. The van der Waals surface area contributed by atoms with Gasteiger partial charge in [0.2, 0.25) is 0 Å². The van der Waals surface area contributed by atoms with Crippen molar-refractivity contribution in [1.82, 2.24) is 0 Å². The Morgan fingerprint density at radius 3 is 2.60 bits per heavy atom. The number of hydrogen-bond acceptors (Lipinski definition) is 4. The second-order valence-electron chi connectivity index (χ2n) is 4.84. The maximum atomic E-state index is 12.3. The van der Waals surface area contributed by atoms with E-state index in [-0.39, 0.29) is 19.0 Å². The fraction of sp³-hybridized carbons (Fsp3) is 0.100. The molecule has 0 amide bonds. The van der Waals surface area contributed by atoms with Crippen LogP contribution in [0.5, 0.6) is 11.5 Å². The number of hydrogen-bond donors (Lipinski definition) is 0. The zero-order chi connectivity index (χ0) is 18.1. The lowest BCUT2D eigenvalue weighted by Crippen LogP contribution is -1.97. The van der Waals surface area contributed by atoms with Crippen LogP contribution < -0.4 is 9.47 Å². The third-order valence-corrected chi connectivity index (χ3v) is 3.63. The SMILES string of the molecule is C#CCOc1ccc(Br)cc1/C=C/C(=O)c1ccc(OCC#N)cc1. The summed E-state index contributed by atoms with van der Waals surface area (Å²) in [5.41, 5.74) is 1.26. The molecule has 2 rings (SSSR count). The van der Waals surface area contributed by atoms with E-state index in [0.29, 0.717) is 17.1 Å². The van der Waals surface area contributed by atoms with E-state index < -0.39 is 0 Å². The smallest absolute Gasteiger partial charge is 0.185 e. The molecule has 0 aliphatic heterocycles. The molecule has 0 saturated heterocycles. The van der Waals surface area contributed by atoms with Gasteiger partial charge in [0, 0.05) is 15.6 Å². The summed E-state index contributed by atoms with van der Waals surface area (Å²) in [6, 6.07) is 14.0. The van der Waals surface area contributed by atoms with Crippen molar-refractivity contribution in [2.75, 3.05) is 13.2 Å². The van der Waals surface area contributed by atoms with Crippen LogP contribution in [-0.2, 0) is 0 Å². The first-order valence-corrected chi connectivity index (χ1v) is 8.11. The van der Waals surface area contributed by atoms with Gasteiger partial charge in [0.1, 0.15) is 24.2 Å². The summed E-state index contributed by atoms with van der Waals surface area (Å²) in [5.74, 6) is 3.40. The third-order valence-electron chi connectivity index (χ3n) is 3.14. The van der Waals surface area contributed by atoms with Gasteiger partial charge in [-0.05, 0) is 54.6 Å². The summed E-state index contributed by atoms with van der Waals surface area (Å²) in [6.07, 6.45) is 8.36. The number of halogens is 1. The quantitative estimate of drug-likeness (QED) is 0.399. The minimum Gasteiger partial charge on any atom is -0.480 e. The minimum atomic E-state index is -0.158. The number of allylic oxidation sites excluding steroid dienone is 1. The Labute approximate surface area is 154 Å². The molecule has 0 fully saturated rings. The number of nitrogens with zero attached hydrogens (tertiary/aromatic N) is 1. The van der Waals surface area contributed by atoms with Crippen molar-refractivity contribution >= 4 is 27.8 Å². The third kappa shape index (κ3) is 5.53. The Morgan fingerprint density at radius 1 is 1.16 bits per heavy atom. The standard InChI is InChI=1S/C20H14BrNO3/c1-2-12-25-20-10-6-17(21)14-16(20)5-9-19(23)15-3-7-18(8-4-15)24-13-11-22/h1,3-10,14H,12-13H2/b9-5+. The molecule has 0 atom stereocenters. The van der Waals surface area contributed by atoms with Gasteiger partial charge in [-0.25, -0.2) is 0 Å². The van der Waals surface area contributed by atoms with Gasteiger partial charge in [-0.15, -0.1) is 6.42 Å². The van der Waals surface area contributed by atoms with E-state index in [1.54, 1.807) is 36.4 Å². The topological polar surface area (TPSA) is 59.3 Å². The van der Waals surface area contributed by atoms with Crippen molar-refractivity contribution in [2.24, 2.45) is 0 Å². The molecule has 0 N–H and O–H groups in total. The van der Waals surface area contributed by atoms with Gasteiger partial charge >= 0.3 is 0 Å². The number of nitriles is 1. The van der Waals surface area contributed by atoms with Crippen LogP contribution in [0.4, 0.5) is 0 Å². The molecule has 5 heteroatoms. The molecular formula is C20H14BrNO3. The first kappa shape index (κ1) is 18.3. The van der Waals surface area contributed by atoms with Gasteiger partial charge in [-0.2, -0.15) is 5.26 Å². The average molecular weight is 396 g/mol. The Morgan fingerprint density at radius 2 is 1.92 bits per heavy atom. The van der Waals surface area contributed by atoms with Gasteiger partial charge in [-0.1, -0.05) is 21.9 Å². The normalized spacial score (nSPS) is 10.0. The Balaban J connectivity index is 2.13. The zero-order valence-corrected chi connectivity index (χ0v) is 14.8. The first-order chi connectivity index (χ1) is 12.1. The van der Waals surface area contributed by atoms with E-state index >= 15 is 0 Å². The average Bonchev–Trinajstić information content (AvgIpc) is 2.64. The Bertz CT molecular complexity index is 858. The van der Waals surface area contributed by atoms with Crippen LogP contribution in [0.15, 0.2) is 53.0 Å². The predicted molar refractivity (Wildman–Crippen MR) is 99.4 cm³/mol. The molecule has 124 valence electrons. The van der Waals surface area contributed by atoms with E-state index in [2.05, 4.69) is 21.9 Å². The Kier molecular flexibility index (Phi) is 6.83. The van der Waals surface area contributed by atoms with Crippen molar-refractivity contribution in [3.8, 4) is 29.9 Å².